The van der Waals surface area contributed by atoms with E-state index >= 15 is 0 Å². The second-order valence-corrected chi connectivity index (χ2v) is 6.74. The standard InChI is InChI=1S/C20H28O5/c1-5-23-17(21)13-9-12-16-14(2)19(25-20(3,4)24-16)18(22)15-10-7-6-8-11-15/h6-11,13-14,16,18-19,22H,5,12H2,1-4H3/b13-9+/t14-,16+,18+,19-/m1/s1. The Morgan fingerprint density at radius 1 is 1.32 bits per heavy atom. The minimum atomic E-state index is -0.810. The lowest BCUT2D eigenvalue weighted by molar-refractivity contribution is -0.332. The molecule has 0 saturated carbocycles. The minimum Gasteiger partial charge on any atom is -0.463 e. The Bertz CT molecular complexity index is 581. The Morgan fingerprint density at radius 3 is 2.64 bits per heavy atom. The molecular weight excluding hydrogens is 320 g/mol. The molecule has 25 heavy (non-hydrogen) atoms. The van der Waals surface area contributed by atoms with Crippen LogP contribution in [0.5, 0.6) is 0 Å². The molecular formula is C20H28O5. The summed E-state index contributed by atoms with van der Waals surface area (Å²) in [6.07, 6.45) is 2.42. The van der Waals surface area contributed by atoms with Gasteiger partial charge in [-0.2, -0.15) is 0 Å². The lowest BCUT2D eigenvalue weighted by Crippen LogP contribution is -2.51. The molecule has 5 heteroatoms. The van der Waals surface area contributed by atoms with Crippen LogP contribution in [0, 0.1) is 5.92 Å². The van der Waals surface area contributed by atoms with E-state index in [1.54, 1.807) is 13.0 Å². The third kappa shape index (κ3) is 5.39. The fourth-order valence-electron chi connectivity index (χ4n) is 3.09. The van der Waals surface area contributed by atoms with Crippen molar-refractivity contribution in [2.45, 2.75) is 58.2 Å². The maximum atomic E-state index is 11.4. The SMILES string of the molecule is CCOC(=O)/C=C/C[C@@H]1OC(C)(C)O[C@@H]([C@@H](O)c2ccccc2)[C@@H]1C. The molecule has 5 nitrogen and oxygen atoms in total. The first-order chi connectivity index (χ1) is 11.8. The Balaban J connectivity index is 2.10. The summed E-state index contributed by atoms with van der Waals surface area (Å²) in [6.45, 7) is 7.80. The number of rotatable bonds is 6. The fraction of sp³-hybridized carbons (Fsp3) is 0.550. The van der Waals surface area contributed by atoms with E-state index in [-0.39, 0.29) is 18.0 Å². The van der Waals surface area contributed by atoms with Crippen LogP contribution in [-0.2, 0) is 19.0 Å². The number of hydrogen-bond donors (Lipinski definition) is 1. The Labute approximate surface area is 149 Å². The lowest BCUT2D eigenvalue weighted by Gasteiger charge is -2.46. The van der Waals surface area contributed by atoms with Crippen molar-refractivity contribution in [1.29, 1.82) is 0 Å². The molecule has 1 saturated heterocycles. The zero-order valence-corrected chi connectivity index (χ0v) is 15.3. The summed E-state index contributed by atoms with van der Waals surface area (Å²) >= 11 is 0. The average Bonchev–Trinajstić information content (AvgIpc) is 2.58. The Morgan fingerprint density at radius 2 is 2.00 bits per heavy atom. The molecule has 0 bridgehead atoms. The van der Waals surface area contributed by atoms with Crippen LogP contribution in [0.2, 0.25) is 0 Å². The van der Waals surface area contributed by atoms with Gasteiger partial charge >= 0.3 is 5.97 Å². The predicted molar refractivity (Wildman–Crippen MR) is 94.8 cm³/mol. The summed E-state index contributed by atoms with van der Waals surface area (Å²) in [7, 11) is 0. The third-order valence-electron chi connectivity index (χ3n) is 4.32. The van der Waals surface area contributed by atoms with Gasteiger partial charge in [-0.15, -0.1) is 0 Å². The predicted octanol–water partition coefficient (Wildman–Crippen LogP) is 3.39. The van der Waals surface area contributed by atoms with Gasteiger partial charge in [0, 0.05) is 12.0 Å². The number of aliphatic hydroxyl groups excluding tert-OH is 1. The molecule has 1 aliphatic rings. The van der Waals surface area contributed by atoms with E-state index in [0.29, 0.717) is 13.0 Å². The number of benzene rings is 1. The van der Waals surface area contributed by atoms with Crippen molar-refractivity contribution in [1.82, 2.24) is 0 Å². The fourth-order valence-corrected chi connectivity index (χ4v) is 3.09. The number of aliphatic hydroxyl groups is 1. The van der Waals surface area contributed by atoms with Crippen LogP contribution in [-0.4, -0.2) is 35.7 Å². The van der Waals surface area contributed by atoms with Gasteiger partial charge in [-0.25, -0.2) is 4.79 Å². The van der Waals surface area contributed by atoms with Gasteiger partial charge in [0.25, 0.3) is 0 Å². The van der Waals surface area contributed by atoms with Gasteiger partial charge in [-0.1, -0.05) is 43.3 Å². The molecule has 0 radical (unpaired) electrons. The molecule has 0 aliphatic carbocycles. The van der Waals surface area contributed by atoms with Crippen LogP contribution in [0.15, 0.2) is 42.5 Å². The van der Waals surface area contributed by atoms with Crippen molar-refractivity contribution in [2.24, 2.45) is 5.92 Å². The van der Waals surface area contributed by atoms with Gasteiger partial charge in [0.1, 0.15) is 6.10 Å². The molecule has 1 aromatic rings. The molecule has 0 spiro atoms. The van der Waals surface area contributed by atoms with Gasteiger partial charge < -0.3 is 19.3 Å². The maximum Gasteiger partial charge on any atom is 0.330 e. The van der Waals surface area contributed by atoms with Crippen molar-refractivity contribution >= 4 is 5.97 Å². The van der Waals surface area contributed by atoms with Crippen LogP contribution >= 0.6 is 0 Å². The van der Waals surface area contributed by atoms with Crippen LogP contribution in [0.4, 0.5) is 0 Å². The van der Waals surface area contributed by atoms with Crippen molar-refractivity contribution in [3.8, 4) is 0 Å². The molecule has 1 heterocycles. The average molecular weight is 348 g/mol. The molecule has 4 atom stereocenters. The van der Waals surface area contributed by atoms with E-state index in [4.69, 9.17) is 14.2 Å². The van der Waals surface area contributed by atoms with E-state index in [9.17, 15) is 9.90 Å². The normalized spacial score (nSPS) is 27.2. The third-order valence-corrected chi connectivity index (χ3v) is 4.32. The molecule has 1 aromatic carbocycles. The molecule has 138 valence electrons. The molecule has 0 amide bonds. The quantitative estimate of drug-likeness (QED) is 0.631. The molecule has 1 fully saturated rings. The number of esters is 1. The molecule has 1 N–H and O–H groups in total. The van der Waals surface area contributed by atoms with Crippen molar-refractivity contribution in [2.75, 3.05) is 6.61 Å². The van der Waals surface area contributed by atoms with Gasteiger partial charge in [0.05, 0.1) is 18.8 Å². The summed E-state index contributed by atoms with van der Waals surface area (Å²) in [5.41, 5.74) is 0.817. The number of hydrogen-bond acceptors (Lipinski definition) is 5. The smallest absolute Gasteiger partial charge is 0.330 e. The first-order valence-corrected chi connectivity index (χ1v) is 8.76. The highest BCUT2D eigenvalue weighted by molar-refractivity contribution is 5.81. The van der Waals surface area contributed by atoms with Crippen molar-refractivity contribution in [3.63, 3.8) is 0 Å². The molecule has 2 rings (SSSR count). The number of ether oxygens (including phenoxy) is 3. The first-order valence-electron chi connectivity index (χ1n) is 8.76. The molecule has 1 aliphatic heterocycles. The maximum absolute atomic E-state index is 11.4. The Kier molecular flexibility index (Phi) is 6.76. The van der Waals surface area contributed by atoms with Crippen molar-refractivity contribution in [3.05, 3.63) is 48.0 Å². The van der Waals surface area contributed by atoms with Crippen LogP contribution in [0.25, 0.3) is 0 Å². The summed E-state index contributed by atoms with van der Waals surface area (Å²) in [6, 6.07) is 9.48. The van der Waals surface area contributed by atoms with E-state index < -0.39 is 18.0 Å². The van der Waals surface area contributed by atoms with Gasteiger partial charge in [-0.3, -0.25) is 0 Å². The van der Waals surface area contributed by atoms with Crippen LogP contribution in [0.1, 0.15) is 45.8 Å². The monoisotopic (exact) mass is 348 g/mol. The van der Waals surface area contributed by atoms with Crippen LogP contribution in [0.3, 0.4) is 0 Å². The zero-order chi connectivity index (χ0) is 18.4. The molecule has 0 unspecified atom stereocenters. The summed E-state index contributed by atoms with van der Waals surface area (Å²) < 4.78 is 16.9. The van der Waals surface area contributed by atoms with E-state index in [1.165, 1.54) is 6.08 Å². The number of carbonyl (C=O) groups excluding carboxylic acids is 1. The Hall–Kier alpha value is -1.69. The van der Waals surface area contributed by atoms with Crippen molar-refractivity contribution < 1.29 is 24.1 Å². The van der Waals surface area contributed by atoms with E-state index in [1.807, 2.05) is 51.1 Å². The second-order valence-electron chi connectivity index (χ2n) is 6.74. The highest BCUT2D eigenvalue weighted by Crippen LogP contribution is 2.38. The first kappa shape index (κ1) is 19.6. The lowest BCUT2D eigenvalue weighted by atomic mass is 9.87. The summed E-state index contributed by atoms with van der Waals surface area (Å²) in [5.74, 6) is -1.22. The van der Waals surface area contributed by atoms with E-state index in [0.717, 1.165) is 5.56 Å². The van der Waals surface area contributed by atoms with Crippen LogP contribution < -0.4 is 0 Å². The van der Waals surface area contributed by atoms with E-state index in [2.05, 4.69) is 0 Å². The number of carbonyl (C=O) groups is 1. The highest BCUT2D eigenvalue weighted by atomic mass is 16.7. The van der Waals surface area contributed by atoms with Gasteiger partial charge in [0.2, 0.25) is 0 Å². The highest BCUT2D eigenvalue weighted by Gasteiger charge is 2.43. The second kappa shape index (κ2) is 8.61. The summed E-state index contributed by atoms with van der Waals surface area (Å²) in [5, 5.41) is 10.8. The largest absolute Gasteiger partial charge is 0.463 e. The topological polar surface area (TPSA) is 65.0 Å². The molecule has 0 aromatic heterocycles. The van der Waals surface area contributed by atoms with Gasteiger partial charge in [-0.05, 0) is 32.8 Å². The zero-order valence-electron chi connectivity index (χ0n) is 15.3. The minimum absolute atomic E-state index is 0.0462. The van der Waals surface area contributed by atoms with Gasteiger partial charge in [0.15, 0.2) is 5.79 Å². The summed E-state index contributed by atoms with van der Waals surface area (Å²) in [4.78, 5) is 11.4.